The van der Waals surface area contributed by atoms with E-state index in [0.29, 0.717) is 52.4 Å². The van der Waals surface area contributed by atoms with Crippen LogP contribution in [0, 0.1) is 37.4 Å². The monoisotopic (exact) mass is 746 g/mol. The zero-order chi connectivity index (χ0) is 39.2. The molecule has 2 N–H and O–H groups in total. The molecule has 3 unspecified atom stereocenters. The van der Waals surface area contributed by atoms with Crippen molar-refractivity contribution in [1.82, 2.24) is 14.9 Å². The first-order valence-electron chi connectivity index (χ1n) is 20.2. The lowest BCUT2D eigenvalue weighted by atomic mass is 9.64. The van der Waals surface area contributed by atoms with Gasteiger partial charge in [-0.3, -0.25) is 14.4 Å². The van der Waals surface area contributed by atoms with E-state index in [-0.39, 0.29) is 34.3 Å². The largest absolute Gasteiger partial charge is 0.481 e. The van der Waals surface area contributed by atoms with Crippen molar-refractivity contribution < 1.29 is 18.7 Å². The fraction of sp³-hybridized carbons (Fsp3) is 0.478. The van der Waals surface area contributed by atoms with Gasteiger partial charge in [-0.1, -0.05) is 32.9 Å². The van der Waals surface area contributed by atoms with Crippen LogP contribution >= 0.6 is 0 Å². The molecule has 3 aliphatic rings. The standard InChI is InChI=1S/C46H55FN4O4/c1-8-29-19-21-46(50-42(29)52)22-20-30(26(3)25-46)23-31-13-14-32-24-39(49-44(55-7)41(31)32)34-17-18-37(47)40(28(34)5)35-11-10-12-38(27(35)4)48-43(53)36-16-15-33(9-2)51(6)45(36)54/h10-12,15-18,24,26,29-31H,8-9,13-14,19-23,25H2,1-7H3,(H,48,53)(H,50,52)/t26?,29?,30?,31-,46-/m1/s1. The molecule has 2 aliphatic carbocycles. The van der Waals surface area contributed by atoms with Crippen molar-refractivity contribution in [2.24, 2.45) is 24.8 Å². The van der Waals surface area contributed by atoms with Crippen LogP contribution in [0.1, 0.15) is 116 Å². The number of aromatic nitrogens is 2. The highest BCUT2D eigenvalue weighted by atomic mass is 19.1. The van der Waals surface area contributed by atoms with Gasteiger partial charge in [0.25, 0.3) is 11.5 Å². The molecular formula is C46H55FN4O4. The number of benzene rings is 2. The summed E-state index contributed by atoms with van der Waals surface area (Å²) in [6.07, 6.45) is 9.94. The Morgan fingerprint density at radius 1 is 1.02 bits per heavy atom. The molecule has 2 aromatic carbocycles. The number of carbonyl (C=O) groups is 2. The van der Waals surface area contributed by atoms with Gasteiger partial charge in [0.1, 0.15) is 11.4 Å². The number of halogens is 1. The van der Waals surface area contributed by atoms with Gasteiger partial charge in [-0.05, 0) is 154 Å². The lowest BCUT2D eigenvalue weighted by Gasteiger charge is -2.48. The number of fused-ring (bicyclic) bond motifs is 1. The number of hydrogen-bond acceptors (Lipinski definition) is 5. The molecule has 0 radical (unpaired) electrons. The van der Waals surface area contributed by atoms with E-state index in [1.165, 1.54) is 21.8 Å². The average Bonchev–Trinajstić information content (AvgIpc) is 3.57. The van der Waals surface area contributed by atoms with E-state index in [0.717, 1.165) is 80.3 Å². The number of methoxy groups -OCH3 is 1. The van der Waals surface area contributed by atoms with E-state index in [9.17, 15) is 14.4 Å². The van der Waals surface area contributed by atoms with E-state index < -0.39 is 5.91 Å². The summed E-state index contributed by atoms with van der Waals surface area (Å²) in [6, 6.07) is 14.2. The maximum atomic E-state index is 15.9. The highest BCUT2D eigenvalue weighted by molar-refractivity contribution is 6.05. The predicted molar refractivity (Wildman–Crippen MR) is 216 cm³/mol. The fourth-order valence-electron chi connectivity index (χ4n) is 10.0. The van der Waals surface area contributed by atoms with Crippen molar-refractivity contribution in [3.05, 3.63) is 98.2 Å². The molecule has 0 bridgehead atoms. The predicted octanol–water partition coefficient (Wildman–Crippen LogP) is 9.22. The summed E-state index contributed by atoms with van der Waals surface area (Å²) >= 11 is 0. The van der Waals surface area contributed by atoms with Gasteiger partial charge < -0.3 is 19.9 Å². The van der Waals surface area contributed by atoms with Gasteiger partial charge >= 0.3 is 0 Å². The lowest BCUT2D eigenvalue weighted by molar-refractivity contribution is -0.131. The normalized spacial score (nSPS) is 23.4. The molecule has 1 aliphatic heterocycles. The minimum Gasteiger partial charge on any atom is -0.481 e. The highest BCUT2D eigenvalue weighted by Crippen LogP contribution is 2.50. The van der Waals surface area contributed by atoms with Crippen LogP contribution in [-0.4, -0.2) is 34.0 Å². The van der Waals surface area contributed by atoms with Gasteiger partial charge in [-0.15, -0.1) is 0 Å². The third-order valence-electron chi connectivity index (χ3n) is 13.4. The number of nitrogens with one attached hydrogen (secondary N) is 2. The molecule has 2 fully saturated rings. The maximum absolute atomic E-state index is 15.9. The third kappa shape index (κ3) is 7.11. The molecule has 4 aromatic rings. The third-order valence-corrected chi connectivity index (χ3v) is 13.4. The molecule has 8 nitrogen and oxygen atoms in total. The van der Waals surface area contributed by atoms with E-state index in [1.54, 1.807) is 44.5 Å². The van der Waals surface area contributed by atoms with E-state index in [1.807, 2.05) is 26.8 Å². The van der Waals surface area contributed by atoms with Gasteiger partial charge in [0, 0.05) is 46.6 Å². The number of amides is 2. The number of hydrogen-bond donors (Lipinski definition) is 2. The zero-order valence-electron chi connectivity index (χ0n) is 33.4. The molecule has 1 spiro atoms. The fourth-order valence-corrected chi connectivity index (χ4v) is 10.0. The quantitative estimate of drug-likeness (QED) is 0.178. The number of carbonyl (C=O) groups excluding carboxylic acids is 2. The Morgan fingerprint density at radius 3 is 2.51 bits per heavy atom. The van der Waals surface area contributed by atoms with Gasteiger partial charge in [0.15, 0.2) is 0 Å². The first-order chi connectivity index (χ1) is 26.4. The van der Waals surface area contributed by atoms with Crippen molar-refractivity contribution in [2.75, 3.05) is 12.4 Å². The minimum atomic E-state index is -0.508. The summed E-state index contributed by atoms with van der Waals surface area (Å²) in [5, 5.41) is 6.37. The number of piperidine rings is 1. The van der Waals surface area contributed by atoms with E-state index in [2.05, 4.69) is 30.5 Å². The second-order valence-corrected chi connectivity index (χ2v) is 16.4. The first kappa shape index (κ1) is 38.5. The Morgan fingerprint density at radius 2 is 1.80 bits per heavy atom. The number of ether oxygens (including phenoxy) is 1. The molecule has 1 saturated heterocycles. The minimum absolute atomic E-state index is 0.0404. The molecule has 7 rings (SSSR count). The number of nitrogens with zero attached hydrogens (tertiary/aromatic N) is 2. The molecule has 9 heteroatoms. The second kappa shape index (κ2) is 15.4. The Kier molecular flexibility index (Phi) is 10.8. The maximum Gasteiger partial charge on any atom is 0.263 e. The molecular weight excluding hydrogens is 692 g/mol. The Bertz CT molecular complexity index is 2210. The summed E-state index contributed by atoms with van der Waals surface area (Å²) in [6.45, 7) is 10.2. The van der Waals surface area contributed by atoms with Crippen LogP contribution in [0.3, 0.4) is 0 Å². The zero-order valence-corrected chi connectivity index (χ0v) is 33.4. The SMILES string of the molecule is CCc1ccc(C(=O)Nc2cccc(-c3c(F)ccc(-c4cc5c(c(OC)n4)[C@@H](CC4CC[C@]6(CCC(CC)C(=O)N6)CC4C)CC5)c3C)c2C)c(=O)n1C. The molecule has 5 atom stereocenters. The van der Waals surface area contributed by atoms with Crippen LogP contribution in [-0.2, 0) is 24.7 Å². The summed E-state index contributed by atoms with van der Waals surface area (Å²) in [7, 11) is 3.35. The number of aryl methyl sites for hydroxylation is 2. The first-order valence-corrected chi connectivity index (χ1v) is 20.2. The molecule has 2 aromatic heterocycles. The number of anilines is 1. The van der Waals surface area contributed by atoms with E-state index >= 15 is 4.39 Å². The van der Waals surface area contributed by atoms with Crippen molar-refractivity contribution in [3.8, 4) is 28.3 Å². The Balaban J connectivity index is 1.13. The number of pyridine rings is 2. The average molecular weight is 747 g/mol. The molecule has 290 valence electrons. The van der Waals surface area contributed by atoms with Gasteiger partial charge in [0.05, 0.1) is 12.8 Å². The van der Waals surface area contributed by atoms with Crippen LogP contribution in [0.4, 0.5) is 10.1 Å². The molecule has 1 saturated carbocycles. The number of rotatable bonds is 9. The summed E-state index contributed by atoms with van der Waals surface area (Å²) < 4.78 is 23.4. The van der Waals surface area contributed by atoms with Crippen molar-refractivity contribution in [1.29, 1.82) is 0 Å². The summed E-state index contributed by atoms with van der Waals surface area (Å²) in [4.78, 5) is 44.2. The summed E-state index contributed by atoms with van der Waals surface area (Å²) in [5.74, 6) is 1.62. The van der Waals surface area contributed by atoms with Crippen LogP contribution in [0.25, 0.3) is 22.4 Å². The van der Waals surface area contributed by atoms with Crippen molar-refractivity contribution >= 4 is 17.5 Å². The smallest absolute Gasteiger partial charge is 0.263 e. The second-order valence-electron chi connectivity index (χ2n) is 16.4. The summed E-state index contributed by atoms with van der Waals surface area (Å²) in [5.41, 5.74) is 7.53. The van der Waals surface area contributed by atoms with Crippen LogP contribution in [0.2, 0.25) is 0 Å². The van der Waals surface area contributed by atoms with Crippen molar-refractivity contribution in [2.45, 2.75) is 110 Å². The van der Waals surface area contributed by atoms with Crippen LogP contribution < -0.4 is 20.9 Å². The molecule has 3 heterocycles. The van der Waals surface area contributed by atoms with Crippen LogP contribution in [0.5, 0.6) is 5.88 Å². The Labute approximate surface area is 324 Å². The van der Waals surface area contributed by atoms with Gasteiger partial charge in [-0.25, -0.2) is 9.37 Å². The van der Waals surface area contributed by atoms with Gasteiger partial charge in [-0.2, -0.15) is 0 Å². The Hall–Kier alpha value is -4.79. The molecule has 55 heavy (non-hydrogen) atoms. The van der Waals surface area contributed by atoms with Crippen LogP contribution in [0.15, 0.2) is 53.3 Å². The van der Waals surface area contributed by atoms with Crippen molar-refractivity contribution in [3.63, 3.8) is 0 Å². The highest BCUT2D eigenvalue weighted by Gasteiger charge is 2.45. The van der Waals surface area contributed by atoms with E-state index in [4.69, 9.17) is 9.72 Å². The van der Waals surface area contributed by atoms with Gasteiger partial charge in [0.2, 0.25) is 11.8 Å². The molecule has 2 amide bonds. The lowest BCUT2D eigenvalue weighted by Crippen LogP contribution is -2.57. The topological polar surface area (TPSA) is 102 Å².